The second-order valence-corrected chi connectivity index (χ2v) is 8.53. The first-order chi connectivity index (χ1) is 15.4. The number of nitrogens with zero attached hydrogens (tertiary/aromatic N) is 4. The van der Waals surface area contributed by atoms with Crippen LogP contribution in [0.25, 0.3) is 5.57 Å². The lowest BCUT2D eigenvalue weighted by Crippen LogP contribution is -2.39. The monoisotopic (exact) mass is 445 g/mol. The summed E-state index contributed by atoms with van der Waals surface area (Å²) in [5.41, 5.74) is 4.27. The number of halogens is 3. The largest absolute Gasteiger partial charge is 0.351 e. The molecule has 0 bridgehead atoms. The van der Waals surface area contributed by atoms with E-state index in [1.54, 1.807) is 6.20 Å². The highest BCUT2D eigenvalue weighted by molar-refractivity contribution is 5.85. The minimum atomic E-state index is -2.39. The Bertz CT molecular complexity index is 1050. The number of alkyl halides is 3. The van der Waals surface area contributed by atoms with Crippen LogP contribution in [-0.4, -0.2) is 39.3 Å². The van der Waals surface area contributed by atoms with Crippen LogP contribution >= 0.6 is 0 Å². The molecule has 2 aliphatic rings. The summed E-state index contributed by atoms with van der Waals surface area (Å²) >= 11 is 0. The van der Waals surface area contributed by atoms with Gasteiger partial charge in [0.2, 0.25) is 12.4 Å². The molecule has 172 valence electrons. The van der Waals surface area contributed by atoms with Gasteiger partial charge < -0.3 is 5.32 Å². The van der Waals surface area contributed by atoms with E-state index in [-0.39, 0.29) is 20.8 Å². The van der Waals surface area contributed by atoms with Gasteiger partial charge >= 0.3 is 0 Å². The van der Waals surface area contributed by atoms with Crippen molar-refractivity contribution in [1.82, 2.24) is 15.0 Å². The topological polar surface area (TPSA) is 63.1 Å². The van der Waals surface area contributed by atoms with E-state index < -0.39 is 12.1 Å². The second-order valence-electron chi connectivity index (χ2n) is 8.53. The van der Waals surface area contributed by atoms with Crippen molar-refractivity contribution in [3.8, 4) is 0 Å². The van der Waals surface area contributed by atoms with Crippen LogP contribution in [0.15, 0.2) is 29.4 Å². The predicted molar refractivity (Wildman–Crippen MR) is 123 cm³/mol. The maximum atomic E-state index is 14.2. The Kier molecular flexibility index (Phi) is 6.58. The summed E-state index contributed by atoms with van der Waals surface area (Å²) in [6.07, 6.45) is 4.73. The standard InChI is InChI=1S/C24H28F3N5.H2/c1-3-15(2)30-20-8-7-18(31-21(20)9-10-22(25)26)16-5-6-19-17(16)13-28-23(32-19)29-14-24(27)11-4-12-24;/h5,7-8,13,22H,3-4,6,9-12,14H2,1-2H3,(H,28,29,32);1H. The summed E-state index contributed by atoms with van der Waals surface area (Å²) in [4.78, 5) is 18.2. The summed E-state index contributed by atoms with van der Waals surface area (Å²) in [7, 11) is 0. The van der Waals surface area contributed by atoms with E-state index in [0.717, 1.165) is 35.4 Å². The van der Waals surface area contributed by atoms with Crippen LogP contribution in [-0.2, 0) is 12.8 Å². The van der Waals surface area contributed by atoms with Crippen molar-refractivity contribution in [3.63, 3.8) is 0 Å². The van der Waals surface area contributed by atoms with Gasteiger partial charge in [-0.05, 0) is 51.2 Å². The third kappa shape index (κ3) is 5.00. The quantitative estimate of drug-likeness (QED) is 0.473. The zero-order valence-corrected chi connectivity index (χ0v) is 18.5. The Morgan fingerprint density at radius 3 is 2.78 bits per heavy atom. The van der Waals surface area contributed by atoms with Crippen molar-refractivity contribution >= 4 is 22.9 Å². The molecule has 0 unspecified atom stereocenters. The first kappa shape index (κ1) is 22.4. The highest BCUT2D eigenvalue weighted by Crippen LogP contribution is 2.36. The number of hydrogen-bond donors (Lipinski definition) is 1. The molecule has 0 spiro atoms. The van der Waals surface area contributed by atoms with Crippen LogP contribution < -0.4 is 5.32 Å². The molecule has 1 saturated carbocycles. The molecule has 32 heavy (non-hydrogen) atoms. The fraction of sp³-hybridized carbons (Fsp3) is 0.500. The average molecular weight is 446 g/mol. The molecule has 2 heterocycles. The summed E-state index contributed by atoms with van der Waals surface area (Å²) in [6.45, 7) is 4.14. The van der Waals surface area contributed by atoms with Gasteiger partial charge in [0.15, 0.2) is 0 Å². The van der Waals surface area contributed by atoms with Gasteiger partial charge in [-0.2, -0.15) is 0 Å². The lowest BCUT2D eigenvalue weighted by atomic mass is 9.82. The fourth-order valence-corrected chi connectivity index (χ4v) is 3.87. The van der Waals surface area contributed by atoms with Gasteiger partial charge in [-0.25, -0.2) is 23.1 Å². The van der Waals surface area contributed by atoms with E-state index in [9.17, 15) is 13.2 Å². The number of nitrogens with one attached hydrogen (secondary N) is 1. The molecule has 0 radical (unpaired) electrons. The molecule has 8 heteroatoms. The lowest BCUT2D eigenvalue weighted by molar-refractivity contribution is 0.0782. The predicted octanol–water partition coefficient (Wildman–Crippen LogP) is 6.11. The van der Waals surface area contributed by atoms with Crippen LogP contribution in [0.1, 0.15) is 70.0 Å². The molecule has 0 aliphatic heterocycles. The van der Waals surface area contributed by atoms with Gasteiger partial charge in [-0.1, -0.05) is 13.0 Å². The molecule has 4 rings (SSSR count). The molecular weight excluding hydrogens is 415 g/mol. The second kappa shape index (κ2) is 9.38. The Hall–Kier alpha value is -2.77. The molecule has 0 amide bonds. The molecule has 1 fully saturated rings. The molecule has 5 nitrogen and oxygen atoms in total. The molecule has 2 aliphatic carbocycles. The minimum absolute atomic E-state index is 0. The number of fused-ring (bicyclic) bond motifs is 1. The van der Waals surface area contributed by atoms with Crippen LogP contribution in [0.5, 0.6) is 0 Å². The van der Waals surface area contributed by atoms with E-state index in [2.05, 4.69) is 20.3 Å². The maximum Gasteiger partial charge on any atom is 0.239 e. The number of aryl methyl sites for hydroxylation is 1. The van der Waals surface area contributed by atoms with Crippen molar-refractivity contribution in [1.29, 1.82) is 0 Å². The van der Waals surface area contributed by atoms with Crippen LogP contribution in [0.2, 0.25) is 0 Å². The maximum absolute atomic E-state index is 14.2. The van der Waals surface area contributed by atoms with Crippen molar-refractivity contribution in [3.05, 3.63) is 47.1 Å². The third-order valence-electron chi connectivity index (χ3n) is 6.12. The molecular formula is C24H30F3N5. The Labute approximate surface area is 187 Å². The van der Waals surface area contributed by atoms with Crippen molar-refractivity contribution in [2.45, 2.75) is 70.9 Å². The normalized spacial score (nSPS) is 17.2. The molecule has 2 aromatic heterocycles. The van der Waals surface area contributed by atoms with Gasteiger partial charge in [0.05, 0.1) is 29.3 Å². The first-order valence-electron chi connectivity index (χ1n) is 11.2. The number of rotatable bonds is 9. The van der Waals surface area contributed by atoms with Crippen LogP contribution in [0, 0.1) is 0 Å². The number of allylic oxidation sites excluding steroid dienone is 1. The van der Waals surface area contributed by atoms with Gasteiger partial charge in [-0.15, -0.1) is 0 Å². The zero-order valence-electron chi connectivity index (χ0n) is 18.5. The average Bonchev–Trinajstić information content (AvgIpc) is 3.18. The van der Waals surface area contributed by atoms with E-state index >= 15 is 0 Å². The molecule has 1 N–H and O–H groups in total. The summed E-state index contributed by atoms with van der Waals surface area (Å²) in [5, 5.41) is 3.02. The third-order valence-corrected chi connectivity index (χ3v) is 6.12. The molecule has 0 aromatic carbocycles. The number of aromatic nitrogens is 3. The first-order valence-corrected chi connectivity index (χ1v) is 11.2. The van der Waals surface area contributed by atoms with E-state index in [1.807, 2.05) is 32.1 Å². The molecule has 0 atom stereocenters. The Balaban J connectivity index is 0.00000306. The van der Waals surface area contributed by atoms with Gasteiger partial charge in [0.25, 0.3) is 0 Å². The summed E-state index contributed by atoms with van der Waals surface area (Å²) in [6, 6.07) is 3.71. The van der Waals surface area contributed by atoms with E-state index in [1.165, 1.54) is 0 Å². The fourth-order valence-electron chi connectivity index (χ4n) is 3.87. The summed E-state index contributed by atoms with van der Waals surface area (Å²) < 4.78 is 40.0. The number of aliphatic imine (C=N–C) groups is 1. The van der Waals surface area contributed by atoms with E-state index in [4.69, 9.17) is 4.98 Å². The van der Waals surface area contributed by atoms with Crippen molar-refractivity contribution in [2.24, 2.45) is 4.99 Å². The molecule has 0 saturated heterocycles. The highest BCUT2D eigenvalue weighted by atomic mass is 19.3. The summed E-state index contributed by atoms with van der Waals surface area (Å²) in [5.74, 6) is 0.424. The van der Waals surface area contributed by atoms with Crippen LogP contribution in [0.4, 0.5) is 24.8 Å². The Morgan fingerprint density at radius 2 is 2.09 bits per heavy atom. The highest BCUT2D eigenvalue weighted by Gasteiger charge is 2.36. The van der Waals surface area contributed by atoms with Crippen molar-refractivity contribution in [2.75, 3.05) is 11.9 Å². The Morgan fingerprint density at radius 1 is 1.28 bits per heavy atom. The van der Waals surface area contributed by atoms with Gasteiger partial charge in [0.1, 0.15) is 5.67 Å². The number of pyridine rings is 1. The lowest BCUT2D eigenvalue weighted by Gasteiger charge is -2.33. The SMILES string of the molecule is CCC(C)=Nc1ccc(C2=CCc3nc(NCC4(F)CCC4)ncc32)nc1CCC(F)F.[HH]. The van der Waals surface area contributed by atoms with Crippen LogP contribution in [0.3, 0.4) is 0 Å². The zero-order chi connectivity index (χ0) is 22.7. The number of anilines is 1. The van der Waals surface area contributed by atoms with E-state index in [0.29, 0.717) is 42.3 Å². The smallest absolute Gasteiger partial charge is 0.239 e. The number of hydrogen-bond acceptors (Lipinski definition) is 5. The molecule has 2 aromatic rings. The minimum Gasteiger partial charge on any atom is -0.351 e. The van der Waals surface area contributed by atoms with Gasteiger partial charge in [-0.3, -0.25) is 9.98 Å². The van der Waals surface area contributed by atoms with Crippen molar-refractivity contribution < 1.29 is 14.6 Å². The van der Waals surface area contributed by atoms with Gasteiger partial charge in [0, 0.05) is 37.3 Å².